The molecular weight excluding hydrogens is 112 g/mol. The maximum Gasteiger partial charge on any atom is 0.156 e. The maximum absolute atomic E-state index is 11.2. The third kappa shape index (κ3) is 1.04. The van der Waals surface area contributed by atoms with Gasteiger partial charge in [-0.25, -0.2) is 0 Å². The maximum atomic E-state index is 11.2. The predicted octanol–water partition coefficient (Wildman–Crippen LogP) is 1.93. The van der Waals surface area contributed by atoms with Crippen LogP contribution in [0.5, 0.6) is 0 Å². The molecule has 1 aliphatic rings. The van der Waals surface area contributed by atoms with Crippen LogP contribution in [0.3, 0.4) is 0 Å². The molecule has 1 nitrogen and oxygen atoms in total. The van der Waals surface area contributed by atoms with Gasteiger partial charge in [-0.3, -0.25) is 4.79 Å². The van der Waals surface area contributed by atoms with Gasteiger partial charge in [-0.1, -0.05) is 19.3 Å². The van der Waals surface area contributed by atoms with Crippen molar-refractivity contribution in [1.29, 1.82) is 0 Å². The average molecular weight is 130 g/mol. The summed E-state index contributed by atoms with van der Waals surface area (Å²) in [5, 5.41) is 0. The Morgan fingerprint density at radius 2 is 2.67 bits per heavy atom. The number of hydrogen-bond acceptors (Lipinski definition) is 1. The van der Waals surface area contributed by atoms with Crippen molar-refractivity contribution in [3.8, 4) is 0 Å². The molecule has 1 aliphatic carbocycles. The Hall–Kier alpha value is -0.590. The van der Waals surface area contributed by atoms with Crippen molar-refractivity contribution in [3.63, 3.8) is 0 Å². The first-order valence-corrected chi connectivity index (χ1v) is 2.74. The number of allylic oxidation sites excluding steroid dienone is 2. The van der Waals surface area contributed by atoms with Crippen LogP contribution in [0.2, 0.25) is 0 Å². The van der Waals surface area contributed by atoms with Crippen LogP contribution in [0.1, 0.15) is 35.3 Å². The van der Waals surface area contributed by atoms with E-state index < -0.39 is 24.9 Å². The van der Waals surface area contributed by atoms with Crippen LogP contribution in [-0.4, -0.2) is 5.78 Å². The molecule has 0 fully saturated rings. The van der Waals surface area contributed by atoms with Crippen molar-refractivity contribution < 1.29 is 13.0 Å². The molecule has 0 radical (unpaired) electrons. The molecule has 0 spiro atoms. The highest BCUT2D eigenvalue weighted by Crippen LogP contribution is 2.35. The summed E-state index contributed by atoms with van der Waals surface area (Å²) in [6, 6.07) is 0. The van der Waals surface area contributed by atoms with Crippen LogP contribution in [0.15, 0.2) is 11.6 Å². The standard InChI is InChI=1S/C8H12O/c1-6-4-7(9)5-8(6,2)3/h4H,5H2,1-3H3/i1D3,2D3. The SMILES string of the molecule is [2H]C([2H])([2H])C1=CC(=O)CC1(C)C([2H])([2H])[2H]. The van der Waals surface area contributed by atoms with E-state index in [4.69, 9.17) is 8.22 Å². The fourth-order valence-electron chi connectivity index (χ4n) is 0.815. The van der Waals surface area contributed by atoms with Crippen LogP contribution in [0.4, 0.5) is 0 Å². The van der Waals surface area contributed by atoms with Gasteiger partial charge >= 0.3 is 0 Å². The predicted molar refractivity (Wildman–Crippen MR) is 37.2 cm³/mol. The smallest absolute Gasteiger partial charge is 0.156 e. The molecule has 50 valence electrons. The number of rotatable bonds is 0. The zero-order chi connectivity index (χ0) is 12.1. The lowest BCUT2D eigenvalue weighted by atomic mass is 9.87. The highest BCUT2D eigenvalue weighted by Gasteiger charge is 2.28. The van der Waals surface area contributed by atoms with Crippen LogP contribution in [-0.2, 0) is 4.79 Å². The van der Waals surface area contributed by atoms with E-state index in [9.17, 15) is 4.79 Å². The van der Waals surface area contributed by atoms with Crippen molar-refractivity contribution >= 4 is 5.78 Å². The number of ketones is 1. The Morgan fingerprint density at radius 1 is 1.89 bits per heavy atom. The molecule has 0 aromatic carbocycles. The second-order valence-corrected chi connectivity index (χ2v) is 2.53. The molecule has 0 aliphatic heterocycles. The second kappa shape index (κ2) is 1.69. The van der Waals surface area contributed by atoms with E-state index in [1.165, 1.54) is 6.92 Å². The van der Waals surface area contributed by atoms with Gasteiger partial charge in [-0.2, -0.15) is 0 Å². The topological polar surface area (TPSA) is 17.1 Å². The third-order valence-corrected chi connectivity index (χ3v) is 1.43. The summed E-state index contributed by atoms with van der Waals surface area (Å²) >= 11 is 0. The highest BCUT2D eigenvalue weighted by atomic mass is 16.1. The van der Waals surface area contributed by atoms with E-state index in [-0.39, 0.29) is 12.0 Å². The molecule has 0 aromatic heterocycles. The van der Waals surface area contributed by atoms with Gasteiger partial charge in [0.25, 0.3) is 0 Å². The molecule has 0 amide bonds. The first-order chi connectivity index (χ1) is 6.48. The van der Waals surface area contributed by atoms with Crippen molar-refractivity contribution in [3.05, 3.63) is 11.6 Å². The lowest BCUT2D eigenvalue weighted by molar-refractivity contribution is -0.115. The molecule has 0 bridgehead atoms. The summed E-state index contributed by atoms with van der Waals surface area (Å²) in [4.78, 5) is 11.2. The van der Waals surface area contributed by atoms with Crippen molar-refractivity contribution in [1.82, 2.24) is 0 Å². The number of carbonyl (C=O) groups is 1. The molecule has 0 heterocycles. The van der Waals surface area contributed by atoms with E-state index in [0.717, 1.165) is 6.08 Å². The number of carbonyl (C=O) groups excluding carboxylic acids is 1. The molecule has 0 saturated carbocycles. The Balaban J connectivity index is 3.24. The Bertz CT molecular complexity index is 323. The minimum Gasteiger partial charge on any atom is -0.295 e. The van der Waals surface area contributed by atoms with Gasteiger partial charge in [-0.05, 0) is 18.3 Å². The quantitative estimate of drug-likeness (QED) is 0.489. The second-order valence-electron chi connectivity index (χ2n) is 2.53. The van der Waals surface area contributed by atoms with E-state index in [1.807, 2.05) is 0 Å². The summed E-state index contributed by atoms with van der Waals surface area (Å²) in [6.07, 6.45) is 0.705. The van der Waals surface area contributed by atoms with E-state index in [0.29, 0.717) is 0 Å². The van der Waals surface area contributed by atoms with Crippen molar-refractivity contribution in [2.75, 3.05) is 0 Å². The third-order valence-electron chi connectivity index (χ3n) is 1.43. The largest absolute Gasteiger partial charge is 0.295 e. The van der Waals surface area contributed by atoms with Crippen LogP contribution < -0.4 is 0 Å². The fourth-order valence-corrected chi connectivity index (χ4v) is 0.815. The molecule has 1 unspecified atom stereocenters. The van der Waals surface area contributed by atoms with Gasteiger partial charge < -0.3 is 0 Å². The molecular formula is C8H12O. The average Bonchev–Trinajstić information content (AvgIpc) is 2.24. The first kappa shape index (κ1) is 2.22. The molecule has 1 rings (SSSR count). The Kier molecular flexibility index (Phi) is 0.418. The highest BCUT2D eigenvalue weighted by molar-refractivity contribution is 5.94. The van der Waals surface area contributed by atoms with Crippen LogP contribution in [0.25, 0.3) is 0 Å². The van der Waals surface area contributed by atoms with Gasteiger partial charge in [0.1, 0.15) is 0 Å². The molecule has 0 saturated heterocycles. The summed E-state index contributed by atoms with van der Waals surface area (Å²) in [7, 11) is 0. The summed E-state index contributed by atoms with van der Waals surface area (Å²) in [6.45, 7) is -3.68. The van der Waals surface area contributed by atoms with E-state index in [1.54, 1.807) is 0 Å². The summed E-state index contributed by atoms with van der Waals surface area (Å²) in [5.41, 5.74) is -1.80. The van der Waals surface area contributed by atoms with E-state index >= 15 is 0 Å². The van der Waals surface area contributed by atoms with Gasteiger partial charge in [0, 0.05) is 14.6 Å². The van der Waals surface area contributed by atoms with E-state index in [2.05, 4.69) is 0 Å². The minimum atomic E-state index is -2.52. The first-order valence-electron chi connectivity index (χ1n) is 5.74. The van der Waals surface area contributed by atoms with Crippen molar-refractivity contribution in [2.24, 2.45) is 5.41 Å². The van der Waals surface area contributed by atoms with Crippen molar-refractivity contribution in [2.45, 2.75) is 27.0 Å². The zero-order valence-electron chi connectivity index (χ0n) is 11.2. The summed E-state index contributed by atoms with van der Waals surface area (Å²) in [5.74, 6) is -0.431. The molecule has 0 aromatic rings. The van der Waals surface area contributed by atoms with Gasteiger partial charge in [0.15, 0.2) is 5.78 Å². The van der Waals surface area contributed by atoms with Gasteiger partial charge in [-0.15, -0.1) is 0 Å². The molecule has 1 atom stereocenters. The normalized spacial score (nSPS) is 47.7. The lowest BCUT2D eigenvalue weighted by Gasteiger charge is -2.17. The van der Waals surface area contributed by atoms with Crippen LogP contribution >= 0.6 is 0 Å². The monoisotopic (exact) mass is 130 g/mol. The Labute approximate surface area is 64.2 Å². The molecule has 9 heavy (non-hydrogen) atoms. The minimum absolute atomic E-state index is 0.250. The zero-order valence-corrected chi connectivity index (χ0v) is 5.19. The number of hydrogen-bond donors (Lipinski definition) is 0. The lowest BCUT2D eigenvalue weighted by Crippen LogP contribution is -2.08. The van der Waals surface area contributed by atoms with Crippen LogP contribution in [0, 0.1) is 5.41 Å². The summed E-state index contributed by atoms with van der Waals surface area (Å²) < 4.78 is 43.6. The van der Waals surface area contributed by atoms with Gasteiger partial charge in [0.2, 0.25) is 0 Å². The Morgan fingerprint density at radius 3 is 3.11 bits per heavy atom. The molecule has 1 heteroatoms. The molecule has 0 N–H and O–H groups in total. The fraction of sp³-hybridized carbons (Fsp3) is 0.625. The van der Waals surface area contributed by atoms with Gasteiger partial charge in [0.05, 0.1) is 0 Å².